The zero-order valence-electron chi connectivity index (χ0n) is 8.78. The first-order valence-corrected chi connectivity index (χ1v) is 6.56. The number of aryl methyl sites for hydroxylation is 1. The van der Waals surface area contributed by atoms with E-state index >= 15 is 0 Å². The molecule has 2 heteroatoms. The number of hydrogen-bond donors (Lipinski definition) is 0. The number of rotatable bonds is 2. The molecule has 0 fully saturated rings. The lowest BCUT2D eigenvalue weighted by atomic mass is 9.85. The van der Waals surface area contributed by atoms with E-state index < -0.39 is 0 Å². The average Bonchev–Trinajstić information content (AvgIpc) is 2.87. The summed E-state index contributed by atoms with van der Waals surface area (Å²) in [5.41, 5.74) is 2.91. The van der Waals surface area contributed by atoms with Gasteiger partial charge in [-0.2, -0.15) is 0 Å². The highest BCUT2D eigenvalue weighted by molar-refractivity contribution is 7.10. The van der Waals surface area contributed by atoms with E-state index in [9.17, 15) is 0 Å². The minimum absolute atomic E-state index is 0.827. The summed E-state index contributed by atoms with van der Waals surface area (Å²) in [6.07, 6.45) is 10.4. The van der Waals surface area contributed by atoms with Crippen LogP contribution in [0.25, 0.3) is 0 Å². The van der Waals surface area contributed by atoms with Gasteiger partial charge in [-0.25, -0.2) is 0 Å². The van der Waals surface area contributed by atoms with Gasteiger partial charge in [0.25, 0.3) is 0 Å². The Kier molecular flexibility index (Phi) is 2.45. The third-order valence-corrected chi connectivity index (χ3v) is 4.36. The highest BCUT2D eigenvalue weighted by Gasteiger charge is 2.20. The predicted octanol–water partition coefficient (Wildman–Crippen LogP) is 3.60. The van der Waals surface area contributed by atoms with Crippen LogP contribution in [0.15, 0.2) is 28.2 Å². The van der Waals surface area contributed by atoms with Gasteiger partial charge < -0.3 is 0 Å². The van der Waals surface area contributed by atoms with Gasteiger partial charge in [-0.15, -0.1) is 11.3 Å². The third kappa shape index (κ3) is 1.91. The normalized spacial score (nSPS) is 24.0. The fourth-order valence-electron chi connectivity index (χ4n) is 2.53. The van der Waals surface area contributed by atoms with E-state index in [1.54, 1.807) is 10.4 Å². The minimum atomic E-state index is 0.827. The molecule has 0 N–H and O–H groups in total. The lowest BCUT2D eigenvalue weighted by Gasteiger charge is -2.21. The Morgan fingerprint density at radius 3 is 3.33 bits per heavy atom. The molecule has 0 spiro atoms. The Hall–Kier alpha value is -0.890. The first kappa shape index (κ1) is 9.34. The molecule has 1 aliphatic heterocycles. The van der Waals surface area contributed by atoms with Crippen LogP contribution in [0.2, 0.25) is 0 Å². The van der Waals surface area contributed by atoms with Crippen LogP contribution in [0, 0.1) is 5.92 Å². The van der Waals surface area contributed by atoms with Gasteiger partial charge >= 0.3 is 0 Å². The van der Waals surface area contributed by atoms with E-state index in [-0.39, 0.29) is 0 Å². The number of thiophene rings is 1. The molecule has 0 radical (unpaired) electrons. The van der Waals surface area contributed by atoms with Gasteiger partial charge in [0.2, 0.25) is 0 Å². The second kappa shape index (κ2) is 3.93. The lowest BCUT2D eigenvalue weighted by Crippen LogP contribution is -2.12. The molecule has 0 saturated carbocycles. The smallest absolute Gasteiger partial charge is 0.0366 e. The zero-order valence-corrected chi connectivity index (χ0v) is 9.59. The van der Waals surface area contributed by atoms with Crippen molar-refractivity contribution in [1.82, 2.24) is 0 Å². The Bertz CT molecular complexity index is 414. The molecule has 1 nitrogen and oxygen atoms in total. The van der Waals surface area contributed by atoms with E-state index in [1.807, 2.05) is 17.6 Å². The molecule has 1 aromatic heterocycles. The summed E-state index contributed by atoms with van der Waals surface area (Å²) < 4.78 is 0. The van der Waals surface area contributed by atoms with E-state index in [4.69, 9.17) is 0 Å². The number of hydrogen-bond acceptors (Lipinski definition) is 2. The van der Waals surface area contributed by atoms with Crippen LogP contribution in [0.4, 0.5) is 0 Å². The number of fused-ring (bicyclic) bond motifs is 1. The summed E-state index contributed by atoms with van der Waals surface area (Å²) in [7, 11) is 0. The van der Waals surface area contributed by atoms with Crippen LogP contribution in [-0.4, -0.2) is 6.21 Å². The topological polar surface area (TPSA) is 12.4 Å². The van der Waals surface area contributed by atoms with Crippen molar-refractivity contribution in [1.29, 1.82) is 0 Å². The fraction of sp³-hybridized carbons (Fsp3) is 0.462. The Balaban J connectivity index is 1.68. The maximum absolute atomic E-state index is 4.41. The van der Waals surface area contributed by atoms with E-state index in [0.29, 0.717) is 0 Å². The maximum atomic E-state index is 4.41. The standard InChI is InChI=1S/C13H15NS/c1-2-12(14-6-1)9-10-3-4-13-11(8-10)5-7-15-13/h2,5-7,10H,1,3-4,8-9H2. The summed E-state index contributed by atoms with van der Waals surface area (Å²) in [5, 5.41) is 2.24. The first-order chi connectivity index (χ1) is 7.42. The molecule has 0 saturated heterocycles. The van der Waals surface area contributed by atoms with Crippen LogP contribution in [0.3, 0.4) is 0 Å². The van der Waals surface area contributed by atoms with Crippen LogP contribution in [-0.2, 0) is 12.8 Å². The van der Waals surface area contributed by atoms with Crippen molar-refractivity contribution in [3.8, 4) is 0 Å². The van der Waals surface area contributed by atoms with Crippen molar-refractivity contribution in [2.75, 3.05) is 0 Å². The molecule has 1 unspecified atom stereocenters. The summed E-state index contributed by atoms with van der Waals surface area (Å²) in [6, 6.07) is 2.30. The molecular formula is C13H15NS. The Morgan fingerprint density at radius 2 is 2.47 bits per heavy atom. The molecule has 2 heterocycles. The Labute approximate surface area is 94.6 Å². The molecule has 78 valence electrons. The van der Waals surface area contributed by atoms with Crippen molar-refractivity contribution < 1.29 is 0 Å². The molecule has 1 aromatic rings. The molecule has 15 heavy (non-hydrogen) atoms. The number of allylic oxidation sites excluding steroid dienone is 2. The molecule has 1 aliphatic carbocycles. The monoisotopic (exact) mass is 217 g/mol. The van der Waals surface area contributed by atoms with Gasteiger partial charge in [0.1, 0.15) is 0 Å². The lowest BCUT2D eigenvalue weighted by molar-refractivity contribution is 0.458. The fourth-order valence-corrected chi connectivity index (χ4v) is 3.47. The summed E-state index contributed by atoms with van der Waals surface area (Å²) in [5.74, 6) is 0.827. The van der Waals surface area contributed by atoms with Crippen molar-refractivity contribution >= 4 is 17.6 Å². The van der Waals surface area contributed by atoms with Gasteiger partial charge in [-0.05, 0) is 48.6 Å². The van der Waals surface area contributed by atoms with Crippen molar-refractivity contribution in [3.63, 3.8) is 0 Å². The summed E-state index contributed by atoms with van der Waals surface area (Å²) >= 11 is 1.93. The molecule has 0 amide bonds. The van der Waals surface area contributed by atoms with Crippen molar-refractivity contribution in [2.45, 2.75) is 32.1 Å². The second-order valence-corrected chi connectivity index (χ2v) is 5.43. The number of nitrogens with zero attached hydrogens (tertiary/aromatic N) is 1. The average molecular weight is 217 g/mol. The summed E-state index contributed by atoms with van der Waals surface area (Å²) in [6.45, 7) is 0. The highest BCUT2D eigenvalue weighted by atomic mass is 32.1. The number of aliphatic imine (C=N–C) groups is 1. The third-order valence-electron chi connectivity index (χ3n) is 3.34. The predicted molar refractivity (Wildman–Crippen MR) is 65.6 cm³/mol. The summed E-state index contributed by atoms with van der Waals surface area (Å²) in [4.78, 5) is 6.03. The van der Waals surface area contributed by atoms with E-state index in [1.165, 1.54) is 31.4 Å². The van der Waals surface area contributed by atoms with Crippen LogP contribution in [0.5, 0.6) is 0 Å². The maximum Gasteiger partial charge on any atom is 0.0366 e. The second-order valence-electron chi connectivity index (χ2n) is 4.42. The van der Waals surface area contributed by atoms with Crippen molar-refractivity contribution in [3.05, 3.63) is 33.7 Å². The molecular weight excluding hydrogens is 202 g/mol. The minimum Gasteiger partial charge on any atom is -0.266 e. The van der Waals surface area contributed by atoms with Gasteiger partial charge in [0.05, 0.1) is 0 Å². The van der Waals surface area contributed by atoms with Gasteiger partial charge in [-0.1, -0.05) is 6.08 Å². The van der Waals surface area contributed by atoms with E-state index in [2.05, 4.69) is 22.5 Å². The van der Waals surface area contributed by atoms with Crippen LogP contribution >= 0.6 is 11.3 Å². The molecule has 1 atom stereocenters. The quantitative estimate of drug-likeness (QED) is 0.717. The first-order valence-electron chi connectivity index (χ1n) is 5.68. The van der Waals surface area contributed by atoms with Gasteiger partial charge in [0.15, 0.2) is 0 Å². The Morgan fingerprint density at radius 1 is 1.47 bits per heavy atom. The molecule has 0 aromatic carbocycles. The molecule has 0 bridgehead atoms. The van der Waals surface area contributed by atoms with Gasteiger partial charge in [-0.3, -0.25) is 4.99 Å². The molecule has 3 rings (SSSR count). The van der Waals surface area contributed by atoms with Crippen molar-refractivity contribution in [2.24, 2.45) is 10.9 Å². The van der Waals surface area contributed by atoms with Crippen LogP contribution < -0.4 is 0 Å². The van der Waals surface area contributed by atoms with Gasteiger partial charge in [0, 0.05) is 23.2 Å². The molecule has 2 aliphatic rings. The largest absolute Gasteiger partial charge is 0.266 e. The zero-order chi connectivity index (χ0) is 10.1. The van der Waals surface area contributed by atoms with E-state index in [0.717, 1.165) is 12.3 Å². The highest BCUT2D eigenvalue weighted by Crippen LogP contribution is 2.33. The SMILES string of the molecule is C1=NC(CC2CCc3sccc3C2)=CC1. The van der Waals surface area contributed by atoms with Crippen LogP contribution in [0.1, 0.15) is 29.7 Å².